The average molecular weight is 574 g/mol. The number of nitrogens with one attached hydrogen (secondary N) is 1. The number of hydrogen-bond donors (Lipinski definition) is 2. The van der Waals surface area contributed by atoms with Crippen LogP contribution in [-0.4, -0.2) is 35.1 Å². The number of halogens is 3. The lowest BCUT2D eigenvalue weighted by Gasteiger charge is -2.17. The fourth-order valence-electron chi connectivity index (χ4n) is 4.44. The molecule has 214 valence electrons. The van der Waals surface area contributed by atoms with Crippen LogP contribution in [-0.2, 0) is 11.0 Å². The van der Waals surface area contributed by atoms with E-state index in [0.717, 1.165) is 29.3 Å². The Morgan fingerprint density at radius 2 is 1.33 bits per heavy atom. The van der Waals surface area contributed by atoms with E-state index in [1.54, 1.807) is 12.1 Å². The highest BCUT2D eigenvalue weighted by Crippen LogP contribution is 2.32. The van der Waals surface area contributed by atoms with Gasteiger partial charge in [-0.2, -0.15) is 13.2 Å². The van der Waals surface area contributed by atoms with E-state index in [4.69, 9.17) is 5.11 Å². The molecule has 0 aliphatic rings. The fraction of sp³-hybridized carbons (Fsp3) is 0.152. The lowest BCUT2D eigenvalue weighted by atomic mass is 9.84. The standard InChI is InChI=1S/C33H26F3NO5/c34-33(35,36)27-8-4-7-26(19-27)29(38)20-28(23-11-9-22(10-12-23)21-5-2-1-3-6-21)31(41)24-13-15-25(16-14-24)32(42)37-18-17-30(39)40/h1-16,19,28H,17-18,20H2,(H,37,42)(H,39,40). The molecule has 4 aromatic rings. The van der Waals surface area contributed by atoms with E-state index < -0.39 is 41.1 Å². The van der Waals surface area contributed by atoms with Gasteiger partial charge in [-0.15, -0.1) is 0 Å². The highest BCUT2D eigenvalue weighted by molar-refractivity contribution is 6.06. The molecule has 0 fully saturated rings. The smallest absolute Gasteiger partial charge is 0.416 e. The number of benzene rings is 4. The number of Topliss-reactive ketones (excluding diaryl/α,β-unsaturated/α-hetero) is 2. The summed E-state index contributed by atoms with van der Waals surface area (Å²) >= 11 is 0. The molecule has 0 aromatic heterocycles. The van der Waals surface area contributed by atoms with E-state index in [9.17, 15) is 32.3 Å². The number of amides is 1. The third-order valence-electron chi connectivity index (χ3n) is 6.69. The quantitative estimate of drug-likeness (QED) is 0.192. The highest BCUT2D eigenvalue weighted by Gasteiger charge is 2.32. The largest absolute Gasteiger partial charge is 0.481 e. The Hall–Kier alpha value is -5.05. The maximum Gasteiger partial charge on any atom is 0.416 e. The van der Waals surface area contributed by atoms with Crippen LogP contribution < -0.4 is 5.32 Å². The third-order valence-corrected chi connectivity index (χ3v) is 6.69. The SMILES string of the molecule is O=C(O)CCNC(=O)c1ccc(C(=O)C(CC(=O)c2cccc(C(F)(F)F)c2)c2ccc(-c3ccccc3)cc2)cc1. The number of aliphatic carboxylic acids is 1. The Bertz CT molecular complexity index is 1580. The molecule has 2 N–H and O–H groups in total. The fourth-order valence-corrected chi connectivity index (χ4v) is 4.44. The van der Waals surface area contributed by atoms with Crippen molar-refractivity contribution in [2.75, 3.05) is 6.54 Å². The predicted octanol–water partition coefficient (Wildman–Crippen LogP) is 6.82. The number of rotatable bonds is 11. The van der Waals surface area contributed by atoms with E-state index in [-0.39, 0.29) is 36.1 Å². The summed E-state index contributed by atoms with van der Waals surface area (Å²) in [7, 11) is 0. The van der Waals surface area contributed by atoms with Gasteiger partial charge < -0.3 is 10.4 Å². The van der Waals surface area contributed by atoms with Crippen molar-refractivity contribution in [1.29, 1.82) is 0 Å². The van der Waals surface area contributed by atoms with Gasteiger partial charge in [0, 0.05) is 29.7 Å². The molecule has 0 spiro atoms. The zero-order valence-corrected chi connectivity index (χ0v) is 22.2. The summed E-state index contributed by atoms with van der Waals surface area (Å²) < 4.78 is 39.8. The summed E-state index contributed by atoms with van der Waals surface area (Å²) in [5.41, 5.74) is 1.64. The van der Waals surface area contributed by atoms with Crippen molar-refractivity contribution in [2.24, 2.45) is 0 Å². The number of carboxylic acid groups (broad SMARTS) is 1. The zero-order valence-electron chi connectivity index (χ0n) is 22.2. The molecule has 0 radical (unpaired) electrons. The summed E-state index contributed by atoms with van der Waals surface area (Å²) in [6.45, 7) is -0.0620. The average Bonchev–Trinajstić information content (AvgIpc) is 2.99. The van der Waals surface area contributed by atoms with Gasteiger partial charge in [-0.05, 0) is 41.0 Å². The van der Waals surface area contributed by atoms with E-state index in [1.165, 1.54) is 30.3 Å². The lowest BCUT2D eigenvalue weighted by molar-refractivity contribution is -0.138. The Morgan fingerprint density at radius 1 is 0.714 bits per heavy atom. The Balaban J connectivity index is 1.61. The maximum atomic E-state index is 13.7. The van der Waals surface area contributed by atoms with Crippen LogP contribution in [0.2, 0.25) is 0 Å². The minimum Gasteiger partial charge on any atom is -0.481 e. The molecule has 1 atom stereocenters. The van der Waals surface area contributed by atoms with Gasteiger partial charge >= 0.3 is 12.1 Å². The second kappa shape index (κ2) is 13.1. The molecule has 1 amide bonds. The van der Waals surface area contributed by atoms with Gasteiger partial charge in [0.05, 0.1) is 17.9 Å². The molecule has 1 unspecified atom stereocenters. The lowest BCUT2D eigenvalue weighted by Crippen LogP contribution is -2.26. The number of carboxylic acids is 1. The number of carbonyl (C=O) groups excluding carboxylic acids is 3. The molecule has 9 heteroatoms. The molecular formula is C33H26F3NO5. The minimum absolute atomic E-state index is 0.0620. The van der Waals surface area contributed by atoms with Crippen molar-refractivity contribution < 1.29 is 37.5 Å². The molecule has 42 heavy (non-hydrogen) atoms. The predicted molar refractivity (Wildman–Crippen MR) is 150 cm³/mol. The minimum atomic E-state index is -4.62. The van der Waals surface area contributed by atoms with Crippen LogP contribution in [0.25, 0.3) is 11.1 Å². The van der Waals surface area contributed by atoms with Crippen LogP contribution in [0, 0.1) is 0 Å². The summed E-state index contributed by atoms with van der Waals surface area (Å²) in [6.07, 6.45) is -5.24. The van der Waals surface area contributed by atoms with Gasteiger partial charge in [0.1, 0.15) is 0 Å². The number of ketones is 2. The molecular weight excluding hydrogens is 547 g/mol. The van der Waals surface area contributed by atoms with E-state index in [2.05, 4.69) is 5.32 Å². The zero-order chi connectivity index (χ0) is 30.3. The van der Waals surface area contributed by atoms with Crippen LogP contribution in [0.4, 0.5) is 13.2 Å². The summed E-state index contributed by atoms with van der Waals surface area (Å²) in [6, 6.07) is 26.3. The first-order valence-corrected chi connectivity index (χ1v) is 13.0. The molecule has 6 nitrogen and oxygen atoms in total. The molecule has 0 aliphatic heterocycles. The topological polar surface area (TPSA) is 101 Å². The van der Waals surface area contributed by atoms with Gasteiger partial charge in [-0.1, -0.05) is 78.9 Å². The highest BCUT2D eigenvalue weighted by atomic mass is 19.4. The van der Waals surface area contributed by atoms with Crippen molar-refractivity contribution >= 4 is 23.4 Å². The van der Waals surface area contributed by atoms with E-state index >= 15 is 0 Å². The molecule has 0 heterocycles. The summed E-state index contributed by atoms with van der Waals surface area (Å²) in [5.74, 6) is -3.64. The van der Waals surface area contributed by atoms with E-state index in [1.807, 2.05) is 42.5 Å². The summed E-state index contributed by atoms with van der Waals surface area (Å²) in [4.78, 5) is 49.9. The molecule has 0 bridgehead atoms. The number of carbonyl (C=O) groups is 4. The van der Waals surface area contributed by atoms with E-state index in [0.29, 0.717) is 5.56 Å². The van der Waals surface area contributed by atoms with Gasteiger partial charge in [-0.25, -0.2) is 0 Å². The van der Waals surface area contributed by atoms with Crippen LogP contribution in [0.1, 0.15) is 61.0 Å². The second-order valence-corrected chi connectivity index (χ2v) is 9.59. The van der Waals surface area contributed by atoms with Crippen molar-refractivity contribution in [2.45, 2.75) is 24.9 Å². The van der Waals surface area contributed by atoms with Gasteiger partial charge in [-0.3, -0.25) is 19.2 Å². The first-order valence-electron chi connectivity index (χ1n) is 13.0. The molecule has 4 rings (SSSR count). The van der Waals surface area contributed by atoms with Gasteiger partial charge in [0.25, 0.3) is 5.91 Å². The van der Waals surface area contributed by atoms with Crippen molar-refractivity contribution in [3.8, 4) is 11.1 Å². The molecule has 0 saturated heterocycles. The van der Waals surface area contributed by atoms with Crippen molar-refractivity contribution in [1.82, 2.24) is 5.32 Å². The van der Waals surface area contributed by atoms with Crippen molar-refractivity contribution in [3.63, 3.8) is 0 Å². The maximum absolute atomic E-state index is 13.7. The second-order valence-electron chi connectivity index (χ2n) is 9.59. The summed E-state index contributed by atoms with van der Waals surface area (Å²) in [5, 5.41) is 11.2. The monoisotopic (exact) mass is 573 g/mol. The first-order chi connectivity index (χ1) is 20.0. The number of hydrogen-bond acceptors (Lipinski definition) is 4. The third kappa shape index (κ3) is 7.57. The molecule has 0 saturated carbocycles. The van der Waals surface area contributed by atoms with Crippen LogP contribution in [0.3, 0.4) is 0 Å². The number of alkyl halides is 3. The molecule has 0 aliphatic carbocycles. The van der Waals surface area contributed by atoms with Gasteiger partial charge in [0.15, 0.2) is 11.6 Å². The van der Waals surface area contributed by atoms with Crippen LogP contribution in [0.15, 0.2) is 103 Å². The first kappa shape index (κ1) is 29.9. The van der Waals surface area contributed by atoms with Crippen LogP contribution >= 0.6 is 0 Å². The molecule has 4 aromatic carbocycles. The Morgan fingerprint density at radius 3 is 1.95 bits per heavy atom. The Labute approximate surface area is 239 Å². The Kier molecular flexibility index (Phi) is 9.32. The normalized spacial score (nSPS) is 11.9. The van der Waals surface area contributed by atoms with Gasteiger partial charge in [0.2, 0.25) is 0 Å². The van der Waals surface area contributed by atoms with Crippen LogP contribution in [0.5, 0.6) is 0 Å². The van der Waals surface area contributed by atoms with Crippen molar-refractivity contribution in [3.05, 3.63) is 131 Å².